The minimum Gasteiger partial charge on any atom is -0.465 e. The van der Waals surface area contributed by atoms with Gasteiger partial charge in [-0.2, -0.15) is 0 Å². The maximum Gasteiger partial charge on any atom is 0.326 e. The molecule has 1 heterocycles. The lowest BCUT2D eigenvalue weighted by Gasteiger charge is -2.42. The van der Waals surface area contributed by atoms with Crippen LogP contribution in [-0.4, -0.2) is 49.2 Å². The summed E-state index contributed by atoms with van der Waals surface area (Å²) in [6.45, 7) is 9.39. The number of rotatable bonds is 5. The van der Waals surface area contributed by atoms with Crippen LogP contribution in [0.3, 0.4) is 0 Å². The number of likely N-dealkylation sites (N-methyl/N-ethyl adjacent to an activating group) is 1. The van der Waals surface area contributed by atoms with E-state index >= 15 is 0 Å². The molecule has 2 fully saturated rings. The third kappa shape index (κ3) is 3.59. The van der Waals surface area contributed by atoms with E-state index in [1.807, 2.05) is 14.0 Å². The summed E-state index contributed by atoms with van der Waals surface area (Å²) in [5, 5.41) is 3.29. The first-order valence-corrected chi connectivity index (χ1v) is 8.62. The minimum absolute atomic E-state index is 0.0585. The monoisotopic (exact) mass is 296 g/mol. The van der Waals surface area contributed by atoms with Gasteiger partial charge in [0.15, 0.2) is 0 Å². The molecule has 0 aromatic carbocycles. The van der Waals surface area contributed by atoms with Gasteiger partial charge in [-0.15, -0.1) is 0 Å². The summed E-state index contributed by atoms with van der Waals surface area (Å²) in [6.07, 6.45) is 5.42. The zero-order chi connectivity index (χ0) is 15.5. The molecule has 2 rings (SSSR count). The van der Waals surface area contributed by atoms with Gasteiger partial charge in [0.2, 0.25) is 0 Å². The Balaban J connectivity index is 2.01. The van der Waals surface area contributed by atoms with E-state index in [-0.39, 0.29) is 5.97 Å². The molecule has 0 radical (unpaired) electrons. The average Bonchev–Trinajstić information content (AvgIpc) is 2.97. The van der Waals surface area contributed by atoms with Crippen molar-refractivity contribution < 1.29 is 9.53 Å². The maximum absolute atomic E-state index is 12.4. The van der Waals surface area contributed by atoms with Gasteiger partial charge in [0.05, 0.1) is 6.61 Å². The number of ether oxygens (including phenoxy) is 1. The predicted molar refractivity (Wildman–Crippen MR) is 85.2 cm³/mol. The smallest absolute Gasteiger partial charge is 0.326 e. The highest BCUT2D eigenvalue weighted by Gasteiger charge is 2.45. The lowest BCUT2D eigenvalue weighted by atomic mass is 9.78. The van der Waals surface area contributed by atoms with Crippen molar-refractivity contribution in [3.8, 4) is 0 Å². The minimum atomic E-state index is -0.463. The first kappa shape index (κ1) is 16.8. The van der Waals surface area contributed by atoms with Crippen LogP contribution >= 0.6 is 0 Å². The molecule has 3 atom stereocenters. The molecule has 1 N–H and O–H groups in total. The zero-order valence-corrected chi connectivity index (χ0v) is 14.2. The van der Waals surface area contributed by atoms with Crippen LogP contribution in [0.2, 0.25) is 0 Å². The molecule has 1 aliphatic heterocycles. The van der Waals surface area contributed by atoms with Gasteiger partial charge < -0.3 is 15.0 Å². The van der Waals surface area contributed by atoms with Crippen LogP contribution in [0, 0.1) is 11.8 Å². The number of likely N-dealkylation sites (tertiary alicyclic amines) is 1. The van der Waals surface area contributed by atoms with Crippen molar-refractivity contribution in [1.29, 1.82) is 0 Å². The number of nitrogens with one attached hydrogen (secondary N) is 1. The van der Waals surface area contributed by atoms with Crippen molar-refractivity contribution in [2.45, 2.75) is 64.5 Å². The fourth-order valence-corrected chi connectivity index (χ4v) is 4.03. The second-order valence-corrected chi connectivity index (χ2v) is 7.09. The second kappa shape index (κ2) is 7.10. The highest BCUT2D eigenvalue weighted by atomic mass is 16.5. The van der Waals surface area contributed by atoms with Crippen LogP contribution in [0.4, 0.5) is 0 Å². The van der Waals surface area contributed by atoms with Crippen molar-refractivity contribution in [3.63, 3.8) is 0 Å². The lowest BCUT2D eigenvalue weighted by Crippen LogP contribution is -2.57. The van der Waals surface area contributed by atoms with E-state index in [9.17, 15) is 4.79 Å². The fraction of sp³-hybridized carbons (Fsp3) is 0.941. The van der Waals surface area contributed by atoms with Gasteiger partial charge in [-0.1, -0.05) is 13.8 Å². The summed E-state index contributed by atoms with van der Waals surface area (Å²) < 4.78 is 5.33. The Morgan fingerprint density at radius 2 is 2.19 bits per heavy atom. The third-order valence-corrected chi connectivity index (χ3v) is 5.59. The zero-order valence-electron chi connectivity index (χ0n) is 14.2. The third-order valence-electron chi connectivity index (χ3n) is 5.59. The van der Waals surface area contributed by atoms with E-state index in [2.05, 4.69) is 24.1 Å². The van der Waals surface area contributed by atoms with E-state index in [1.165, 1.54) is 25.9 Å². The number of hydrogen-bond donors (Lipinski definition) is 1. The molecule has 1 aliphatic carbocycles. The molecule has 2 aliphatic rings. The molecule has 4 heteroatoms. The SMILES string of the molecule is CCOC(=O)C1(NC)CCCC(N2CCC(C(C)C)C2)C1. The van der Waals surface area contributed by atoms with Crippen molar-refractivity contribution in [3.05, 3.63) is 0 Å². The quantitative estimate of drug-likeness (QED) is 0.791. The number of carbonyl (C=O) groups is 1. The number of carbonyl (C=O) groups excluding carboxylic acids is 1. The maximum atomic E-state index is 12.4. The van der Waals surface area contributed by atoms with E-state index < -0.39 is 5.54 Å². The van der Waals surface area contributed by atoms with Crippen molar-refractivity contribution in [1.82, 2.24) is 10.2 Å². The second-order valence-electron chi connectivity index (χ2n) is 7.09. The molecule has 1 saturated heterocycles. The molecule has 0 spiro atoms. The average molecular weight is 296 g/mol. The Morgan fingerprint density at radius 3 is 2.76 bits per heavy atom. The van der Waals surface area contributed by atoms with E-state index in [1.54, 1.807) is 0 Å². The van der Waals surface area contributed by atoms with Gasteiger partial charge in [0.25, 0.3) is 0 Å². The molecule has 3 unspecified atom stereocenters. The fourth-order valence-electron chi connectivity index (χ4n) is 4.03. The largest absolute Gasteiger partial charge is 0.465 e. The van der Waals surface area contributed by atoms with Gasteiger partial charge in [-0.05, 0) is 64.5 Å². The van der Waals surface area contributed by atoms with Gasteiger partial charge in [0, 0.05) is 12.6 Å². The van der Waals surface area contributed by atoms with Gasteiger partial charge in [0.1, 0.15) is 5.54 Å². The lowest BCUT2D eigenvalue weighted by molar-refractivity contribution is -0.153. The highest BCUT2D eigenvalue weighted by Crippen LogP contribution is 2.35. The van der Waals surface area contributed by atoms with Gasteiger partial charge in [-0.3, -0.25) is 4.79 Å². The van der Waals surface area contributed by atoms with Gasteiger partial charge >= 0.3 is 5.97 Å². The summed E-state index contributed by atoms with van der Waals surface area (Å²) >= 11 is 0. The summed E-state index contributed by atoms with van der Waals surface area (Å²) in [7, 11) is 1.90. The van der Waals surface area contributed by atoms with E-state index in [0.717, 1.165) is 31.1 Å². The van der Waals surface area contributed by atoms with Crippen molar-refractivity contribution >= 4 is 5.97 Å². The van der Waals surface area contributed by atoms with Crippen LogP contribution in [-0.2, 0) is 9.53 Å². The standard InChI is InChI=1S/C17H32N2O2/c1-5-21-16(20)17(18-4)9-6-7-15(11-17)19-10-8-14(12-19)13(2)3/h13-15,18H,5-12H2,1-4H3. The number of esters is 1. The summed E-state index contributed by atoms with van der Waals surface area (Å²) in [4.78, 5) is 15.0. The van der Waals surface area contributed by atoms with E-state index in [4.69, 9.17) is 4.74 Å². The van der Waals surface area contributed by atoms with Crippen LogP contribution in [0.5, 0.6) is 0 Å². The predicted octanol–water partition coefficient (Wildman–Crippen LogP) is 2.43. The molecule has 0 amide bonds. The van der Waals surface area contributed by atoms with Crippen LogP contribution in [0.25, 0.3) is 0 Å². The summed E-state index contributed by atoms with van der Waals surface area (Å²) in [5.74, 6) is 1.52. The van der Waals surface area contributed by atoms with E-state index in [0.29, 0.717) is 12.6 Å². The molecule has 0 aromatic heterocycles. The Bertz CT molecular complexity index is 359. The Morgan fingerprint density at radius 1 is 1.43 bits per heavy atom. The van der Waals surface area contributed by atoms with Crippen LogP contribution in [0.15, 0.2) is 0 Å². The number of hydrogen-bond acceptors (Lipinski definition) is 4. The first-order chi connectivity index (χ1) is 10.0. The van der Waals surface area contributed by atoms with Crippen molar-refractivity contribution in [2.24, 2.45) is 11.8 Å². The Kier molecular flexibility index (Phi) is 5.67. The first-order valence-electron chi connectivity index (χ1n) is 8.62. The summed E-state index contributed by atoms with van der Waals surface area (Å²) in [5.41, 5.74) is -0.463. The Hall–Kier alpha value is -0.610. The van der Waals surface area contributed by atoms with Crippen LogP contribution in [0.1, 0.15) is 52.9 Å². The highest BCUT2D eigenvalue weighted by molar-refractivity contribution is 5.81. The molecular formula is C17H32N2O2. The summed E-state index contributed by atoms with van der Waals surface area (Å²) in [6, 6.07) is 0.527. The van der Waals surface area contributed by atoms with Crippen molar-refractivity contribution in [2.75, 3.05) is 26.7 Å². The molecule has 4 nitrogen and oxygen atoms in total. The molecule has 0 aromatic rings. The van der Waals surface area contributed by atoms with Crippen LogP contribution < -0.4 is 5.32 Å². The number of nitrogens with zero attached hydrogens (tertiary/aromatic N) is 1. The van der Waals surface area contributed by atoms with Gasteiger partial charge in [-0.25, -0.2) is 0 Å². The normalized spacial score (nSPS) is 34.3. The topological polar surface area (TPSA) is 41.6 Å². The molecule has 0 bridgehead atoms. The molecular weight excluding hydrogens is 264 g/mol. The molecule has 21 heavy (non-hydrogen) atoms. The molecule has 1 saturated carbocycles. The Labute approximate surface area is 129 Å². The molecule has 122 valence electrons.